The van der Waals surface area contributed by atoms with Crippen molar-refractivity contribution in [2.24, 2.45) is 0 Å². The van der Waals surface area contributed by atoms with Crippen LogP contribution in [0.4, 0.5) is 0 Å². The Morgan fingerprint density at radius 2 is 0.976 bits per heavy atom. The molecule has 0 radical (unpaired) electrons. The Hall–Kier alpha value is -1.56. The summed E-state index contributed by atoms with van der Waals surface area (Å²) in [6.45, 7) is 8.59. The Morgan fingerprint density at radius 3 is 1.41 bits per heavy atom. The maximum Gasteiger partial charge on any atom is 0.119 e. The van der Waals surface area contributed by atoms with Crippen LogP contribution < -0.4 is 9.47 Å². The molecule has 2 heterocycles. The zero-order valence-corrected chi connectivity index (χ0v) is 27.3. The van der Waals surface area contributed by atoms with Crippen molar-refractivity contribution in [2.75, 3.05) is 26.3 Å². The van der Waals surface area contributed by atoms with Crippen LogP contribution in [-0.2, 0) is 0 Å². The van der Waals surface area contributed by atoms with E-state index in [1.54, 1.807) is 0 Å². The fraction of sp³-hybridized carbons (Fsp3) is 0.611. The molecule has 0 unspecified atom stereocenters. The van der Waals surface area contributed by atoms with Gasteiger partial charge in [0.05, 0.1) is 13.2 Å². The van der Waals surface area contributed by atoms with Gasteiger partial charge in [-0.25, -0.2) is 0 Å². The first-order valence-corrected chi connectivity index (χ1v) is 18.3. The van der Waals surface area contributed by atoms with E-state index in [9.17, 15) is 0 Å². The van der Waals surface area contributed by atoms with Crippen molar-refractivity contribution in [2.45, 2.75) is 115 Å². The van der Waals surface area contributed by atoms with Crippen LogP contribution >= 0.6 is 23.5 Å². The Morgan fingerprint density at radius 1 is 0.561 bits per heavy atom. The summed E-state index contributed by atoms with van der Waals surface area (Å²) in [4.78, 5) is 5.48. The van der Waals surface area contributed by atoms with Gasteiger partial charge in [0.15, 0.2) is 0 Å². The minimum Gasteiger partial charge on any atom is -0.494 e. The second kappa shape index (κ2) is 18.9. The van der Waals surface area contributed by atoms with Crippen molar-refractivity contribution < 1.29 is 9.47 Å². The molecule has 0 atom stereocenters. The maximum absolute atomic E-state index is 6.09. The monoisotopic (exact) mass is 595 g/mol. The highest BCUT2D eigenvalue weighted by Crippen LogP contribution is 2.56. The summed E-state index contributed by atoms with van der Waals surface area (Å²) < 4.78 is 12.6. The van der Waals surface area contributed by atoms with E-state index >= 15 is 0 Å². The summed E-state index contributed by atoms with van der Waals surface area (Å²) in [5, 5.41) is 0. The second-order valence-electron chi connectivity index (χ2n) is 11.6. The lowest BCUT2D eigenvalue weighted by Crippen LogP contribution is -2.34. The molecular weight excluding hydrogens is 543 g/mol. The quantitative estimate of drug-likeness (QED) is 0.150. The van der Waals surface area contributed by atoms with Gasteiger partial charge < -0.3 is 9.47 Å². The number of likely N-dealkylation sites (tertiary alicyclic amines) is 1. The Labute approximate surface area is 259 Å². The van der Waals surface area contributed by atoms with E-state index in [0.717, 1.165) is 37.6 Å². The fourth-order valence-corrected chi connectivity index (χ4v) is 8.73. The number of nitrogens with zero attached hydrogens (tertiary/aromatic N) is 1. The predicted octanol–water partition coefficient (Wildman–Crippen LogP) is 11.2. The number of piperidine rings is 1. The molecule has 5 heteroatoms. The fourth-order valence-electron chi connectivity index (χ4n) is 5.56. The lowest BCUT2D eigenvalue weighted by molar-refractivity contribution is 0.253. The molecular formula is C36H53NO2S2. The maximum atomic E-state index is 6.09. The van der Waals surface area contributed by atoms with E-state index in [4.69, 9.17) is 9.47 Å². The van der Waals surface area contributed by atoms with Crippen molar-refractivity contribution in [3.05, 3.63) is 59.7 Å². The Bertz CT molecular complexity index is 941. The van der Waals surface area contributed by atoms with Crippen molar-refractivity contribution in [3.63, 3.8) is 0 Å². The molecule has 0 saturated carbocycles. The third kappa shape index (κ3) is 10.9. The van der Waals surface area contributed by atoms with Crippen molar-refractivity contribution in [1.82, 2.24) is 4.90 Å². The first kappa shape index (κ1) is 32.4. The van der Waals surface area contributed by atoms with Gasteiger partial charge >= 0.3 is 0 Å². The number of rotatable bonds is 19. The lowest BCUT2D eigenvalue weighted by Gasteiger charge is -2.31. The Balaban J connectivity index is 1.36. The molecule has 2 aliphatic rings. The van der Waals surface area contributed by atoms with Crippen LogP contribution in [0, 0.1) is 0 Å². The van der Waals surface area contributed by atoms with Crippen molar-refractivity contribution in [1.29, 1.82) is 0 Å². The van der Waals surface area contributed by atoms with Crippen molar-refractivity contribution in [3.8, 4) is 11.5 Å². The molecule has 0 bridgehead atoms. The molecule has 2 aromatic carbocycles. The van der Waals surface area contributed by atoms with Gasteiger partial charge in [-0.3, -0.25) is 4.90 Å². The van der Waals surface area contributed by atoms with Crippen LogP contribution in [0.5, 0.6) is 11.5 Å². The average Bonchev–Trinajstić information content (AvgIpc) is 3.47. The number of hydrogen-bond donors (Lipinski definition) is 0. The molecule has 41 heavy (non-hydrogen) atoms. The summed E-state index contributed by atoms with van der Waals surface area (Å²) in [5.74, 6) is 1.97. The van der Waals surface area contributed by atoms with Gasteiger partial charge in [0.1, 0.15) is 16.2 Å². The van der Waals surface area contributed by atoms with E-state index in [2.05, 4.69) is 67.3 Å². The number of benzene rings is 2. The SMILES string of the molecule is CCCCCCCCOc1ccc(C2=C(c3ccc(OCCCCCCCC)cc3)SC(N3CCCCC3)S2)cc1. The first-order chi connectivity index (χ1) is 20.3. The third-order valence-corrected chi connectivity index (χ3v) is 11.2. The molecule has 0 aliphatic carbocycles. The van der Waals surface area contributed by atoms with Crippen molar-refractivity contribution >= 4 is 33.3 Å². The first-order valence-electron chi connectivity index (χ1n) is 16.6. The highest BCUT2D eigenvalue weighted by molar-refractivity contribution is 8.29. The van der Waals surface area contributed by atoms with E-state index in [0.29, 0.717) is 4.71 Å². The average molecular weight is 596 g/mol. The molecule has 4 rings (SSSR count). The van der Waals surface area contributed by atoms with Crippen LogP contribution in [-0.4, -0.2) is 35.9 Å². The lowest BCUT2D eigenvalue weighted by atomic mass is 10.1. The number of unbranched alkanes of at least 4 members (excludes halogenated alkanes) is 10. The smallest absolute Gasteiger partial charge is 0.119 e. The van der Waals surface area contributed by atoms with Crippen LogP contribution in [0.25, 0.3) is 9.81 Å². The molecule has 226 valence electrons. The van der Waals surface area contributed by atoms with E-state index in [-0.39, 0.29) is 0 Å². The van der Waals surface area contributed by atoms with Gasteiger partial charge in [-0.15, -0.1) is 0 Å². The standard InChI is InChI=1S/C36H53NO2S2/c1-3-5-7-9-11-16-28-38-32-22-18-30(19-23-32)34-35(41-36(40-34)37-26-14-13-15-27-37)31-20-24-33(25-21-31)39-29-17-12-10-8-6-4-2/h18-25,36H,3-17,26-29H2,1-2H3. The van der Waals surface area contributed by atoms with E-state index in [1.165, 1.54) is 117 Å². The normalized spacial score (nSPS) is 16.4. The molecule has 0 aromatic heterocycles. The molecule has 1 saturated heterocycles. The van der Waals surface area contributed by atoms with Gasteiger partial charge in [-0.1, -0.05) is 132 Å². The van der Waals surface area contributed by atoms with Gasteiger partial charge in [-0.2, -0.15) is 0 Å². The van der Waals surface area contributed by atoms with E-state index in [1.807, 2.05) is 23.5 Å². The van der Waals surface area contributed by atoms with Crippen LogP contribution in [0.3, 0.4) is 0 Å². The zero-order chi connectivity index (χ0) is 28.5. The largest absolute Gasteiger partial charge is 0.494 e. The Kier molecular flexibility index (Phi) is 14.9. The van der Waals surface area contributed by atoms with Gasteiger partial charge in [0.2, 0.25) is 0 Å². The molecule has 2 aromatic rings. The number of ether oxygens (including phenoxy) is 2. The summed E-state index contributed by atoms with van der Waals surface area (Å²) in [7, 11) is 0. The molecule has 0 spiro atoms. The molecule has 2 aliphatic heterocycles. The summed E-state index contributed by atoms with van der Waals surface area (Å²) >= 11 is 4.07. The summed E-state index contributed by atoms with van der Waals surface area (Å²) in [6.07, 6.45) is 19.5. The topological polar surface area (TPSA) is 21.7 Å². The van der Waals surface area contributed by atoms with Gasteiger partial charge in [0.25, 0.3) is 0 Å². The highest BCUT2D eigenvalue weighted by Gasteiger charge is 2.32. The molecule has 0 amide bonds. The highest BCUT2D eigenvalue weighted by atomic mass is 32.2. The number of hydrogen-bond acceptors (Lipinski definition) is 5. The third-order valence-electron chi connectivity index (χ3n) is 8.10. The molecule has 1 fully saturated rings. The van der Waals surface area contributed by atoms with Crippen LogP contribution in [0.1, 0.15) is 121 Å². The zero-order valence-electron chi connectivity index (χ0n) is 25.7. The molecule has 3 nitrogen and oxygen atoms in total. The summed E-state index contributed by atoms with van der Waals surface area (Å²) in [6, 6.07) is 17.7. The second-order valence-corrected chi connectivity index (χ2v) is 14.1. The minimum atomic E-state index is 0.451. The predicted molar refractivity (Wildman–Crippen MR) is 182 cm³/mol. The number of thioether (sulfide) groups is 2. The molecule has 0 N–H and O–H groups in total. The van der Waals surface area contributed by atoms with E-state index < -0.39 is 0 Å². The summed E-state index contributed by atoms with van der Waals surface area (Å²) in [5.41, 5.74) is 2.60. The minimum absolute atomic E-state index is 0.451. The van der Waals surface area contributed by atoms with Crippen LogP contribution in [0.15, 0.2) is 48.5 Å². The van der Waals surface area contributed by atoms with Gasteiger partial charge in [-0.05, 0) is 61.1 Å². The van der Waals surface area contributed by atoms with Gasteiger partial charge in [0, 0.05) is 22.9 Å². The van der Waals surface area contributed by atoms with Crippen LogP contribution in [0.2, 0.25) is 0 Å².